The van der Waals surface area contributed by atoms with Gasteiger partial charge in [-0.1, -0.05) is 6.92 Å². The van der Waals surface area contributed by atoms with E-state index in [-0.39, 0.29) is 5.91 Å². The number of nitriles is 1. The molecule has 27 heavy (non-hydrogen) atoms. The third-order valence-corrected chi connectivity index (χ3v) is 5.53. The number of nitrogens with zero attached hydrogens (tertiary/aromatic N) is 4. The Morgan fingerprint density at radius 3 is 2.85 bits per heavy atom. The van der Waals surface area contributed by atoms with Crippen LogP contribution in [0.1, 0.15) is 60.6 Å². The van der Waals surface area contributed by atoms with Gasteiger partial charge in [0.2, 0.25) is 5.91 Å². The molecular weight excluding hydrogens is 340 g/mol. The van der Waals surface area contributed by atoms with E-state index in [9.17, 15) is 4.79 Å². The van der Waals surface area contributed by atoms with E-state index in [0.717, 1.165) is 28.5 Å². The normalized spacial score (nSPS) is 18.3. The lowest BCUT2D eigenvalue weighted by molar-refractivity contribution is -0.130. The van der Waals surface area contributed by atoms with Gasteiger partial charge in [-0.15, -0.1) is 0 Å². The van der Waals surface area contributed by atoms with E-state index in [1.165, 1.54) is 6.42 Å². The molecular formula is C21H28N4O2. The molecule has 0 N–H and O–H groups in total. The molecule has 6 nitrogen and oxygen atoms in total. The Labute approximate surface area is 160 Å². The number of hydrogen-bond donors (Lipinski definition) is 0. The van der Waals surface area contributed by atoms with E-state index in [1.54, 1.807) is 4.90 Å². The van der Waals surface area contributed by atoms with Gasteiger partial charge in [0, 0.05) is 25.1 Å². The van der Waals surface area contributed by atoms with Gasteiger partial charge in [0.1, 0.15) is 11.5 Å². The molecule has 2 atom stereocenters. The average molecular weight is 368 g/mol. The van der Waals surface area contributed by atoms with Gasteiger partial charge in [-0.05, 0) is 50.3 Å². The molecule has 2 aromatic rings. The summed E-state index contributed by atoms with van der Waals surface area (Å²) in [6, 6.07) is 6.17. The van der Waals surface area contributed by atoms with Crippen LogP contribution in [0.15, 0.2) is 16.5 Å². The van der Waals surface area contributed by atoms with Crippen LogP contribution in [0.5, 0.6) is 0 Å². The topological polar surface area (TPSA) is 75.1 Å². The van der Waals surface area contributed by atoms with Gasteiger partial charge >= 0.3 is 0 Å². The second-order valence-electron chi connectivity index (χ2n) is 7.65. The van der Waals surface area contributed by atoms with Crippen LogP contribution in [0.2, 0.25) is 0 Å². The van der Waals surface area contributed by atoms with E-state index in [0.29, 0.717) is 44.2 Å². The molecule has 6 heteroatoms. The van der Waals surface area contributed by atoms with Crippen molar-refractivity contribution in [2.75, 3.05) is 7.05 Å². The van der Waals surface area contributed by atoms with E-state index in [4.69, 9.17) is 9.68 Å². The van der Waals surface area contributed by atoms with E-state index in [2.05, 4.69) is 18.1 Å². The summed E-state index contributed by atoms with van der Waals surface area (Å²) in [6.07, 6.45) is 2.74. The fourth-order valence-corrected chi connectivity index (χ4v) is 3.61. The maximum Gasteiger partial charge on any atom is 0.223 e. The second-order valence-corrected chi connectivity index (χ2v) is 7.65. The molecule has 1 saturated carbocycles. The van der Waals surface area contributed by atoms with Crippen LogP contribution in [0, 0.1) is 31.1 Å². The van der Waals surface area contributed by atoms with Crippen molar-refractivity contribution >= 4 is 5.91 Å². The first-order valence-corrected chi connectivity index (χ1v) is 9.63. The zero-order chi connectivity index (χ0) is 19.6. The SMILES string of the molecule is Cc1nn(CCC#N)c(C)c1CCC(=O)N(C)Cc1ccc([C@@H]2C[C@@H]2C)o1. The molecule has 0 unspecified atom stereocenters. The monoisotopic (exact) mass is 368 g/mol. The molecule has 1 amide bonds. The van der Waals surface area contributed by atoms with Crippen molar-refractivity contribution in [2.45, 2.75) is 65.5 Å². The van der Waals surface area contributed by atoms with Gasteiger partial charge in [-0.25, -0.2) is 0 Å². The van der Waals surface area contributed by atoms with Crippen molar-refractivity contribution < 1.29 is 9.21 Å². The standard InChI is InChI=1S/C21H28N4O2/c1-14-12-19(14)20-8-6-17(27-20)13-24(4)21(26)9-7-18-15(2)23-25(16(18)3)11-5-10-22/h6,8,14,19H,5,7,9,11-13H2,1-4H3/t14-,19+/m0/s1. The molecule has 0 radical (unpaired) electrons. The Morgan fingerprint density at radius 2 is 2.19 bits per heavy atom. The minimum Gasteiger partial charge on any atom is -0.464 e. The van der Waals surface area contributed by atoms with Crippen molar-refractivity contribution in [3.63, 3.8) is 0 Å². The van der Waals surface area contributed by atoms with Crippen molar-refractivity contribution in [2.24, 2.45) is 5.92 Å². The van der Waals surface area contributed by atoms with Crippen LogP contribution in [0.25, 0.3) is 0 Å². The largest absolute Gasteiger partial charge is 0.464 e. The highest BCUT2D eigenvalue weighted by molar-refractivity contribution is 5.76. The lowest BCUT2D eigenvalue weighted by Gasteiger charge is -2.16. The molecule has 0 saturated heterocycles. The molecule has 0 bridgehead atoms. The predicted molar refractivity (Wildman–Crippen MR) is 102 cm³/mol. The van der Waals surface area contributed by atoms with Gasteiger partial charge in [-0.2, -0.15) is 10.4 Å². The summed E-state index contributed by atoms with van der Waals surface area (Å²) in [7, 11) is 1.82. The Morgan fingerprint density at radius 1 is 1.44 bits per heavy atom. The lowest BCUT2D eigenvalue weighted by atomic mass is 10.1. The van der Waals surface area contributed by atoms with Gasteiger partial charge in [0.15, 0.2) is 0 Å². The van der Waals surface area contributed by atoms with Gasteiger partial charge in [0.05, 0.1) is 31.3 Å². The summed E-state index contributed by atoms with van der Waals surface area (Å²) in [4.78, 5) is 14.3. The van der Waals surface area contributed by atoms with Crippen LogP contribution in [0.3, 0.4) is 0 Å². The van der Waals surface area contributed by atoms with Crippen molar-refractivity contribution in [1.29, 1.82) is 5.26 Å². The Kier molecular flexibility index (Phi) is 5.69. The number of carbonyl (C=O) groups excluding carboxylic acids is 1. The average Bonchev–Trinajstić information content (AvgIpc) is 3.07. The first kappa shape index (κ1) is 19.2. The summed E-state index contributed by atoms with van der Waals surface area (Å²) in [5.41, 5.74) is 3.10. The molecule has 3 rings (SSSR count). The van der Waals surface area contributed by atoms with Crippen LogP contribution in [-0.4, -0.2) is 27.6 Å². The second kappa shape index (κ2) is 7.99. The molecule has 0 spiro atoms. The van der Waals surface area contributed by atoms with Crippen LogP contribution in [0.4, 0.5) is 0 Å². The van der Waals surface area contributed by atoms with Crippen LogP contribution in [-0.2, 0) is 24.3 Å². The smallest absolute Gasteiger partial charge is 0.223 e. The van der Waals surface area contributed by atoms with Crippen molar-refractivity contribution in [3.05, 3.63) is 40.6 Å². The summed E-state index contributed by atoms with van der Waals surface area (Å²) < 4.78 is 7.77. The highest BCUT2D eigenvalue weighted by Gasteiger charge is 2.36. The quantitative estimate of drug-likeness (QED) is 0.712. The molecule has 144 valence electrons. The van der Waals surface area contributed by atoms with E-state index >= 15 is 0 Å². The van der Waals surface area contributed by atoms with Crippen LogP contribution < -0.4 is 0 Å². The number of carbonyl (C=O) groups is 1. The summed E-state index contributed by atoms with van der Waals surface area (Å²) >= 11 is 0. The first-order chi connectivity index (χ1) is 12.9. The Balaban J connectivity index is 1.53. The van der Waals surface area contributed by atoms with E-state index < -0.39 is 0 Å². The Bertz CT molecular complexity index is 858. The minimum absolute atomic E-state index is 0.0938. The number of furan rings is 1. The zero-order valence-electron chi connectivity index (χ0n) is 16.7. The highest BCUT2D eigenvalue weighted by Crippen LogP contribution is 2.47. The molecule has 1 fully saturated rings. The molecule has 2 heterocycles. The molecule has 0 aliphatic heterocycles. The molecule has 1 aliphatic rings. The summed E-state index contributed by atoms with van der Waals surface area (Å²) in [6.45, 7) is 7.29. The number of amides is 1. The van der Waals surface area contributed by atoms with Crippen LogP contribution >= 0.6 is 0 Å². The highest BCUT2D eigenvalue weighted by atomic mass is 16.3. The maximum absolute atomic E-state index is 12.5. The zero-order valence-corrected chi connectivity index (χ0v) is 16.7. The maximum atomic E-state index is 12.5. The molecule has 0 aromatic carbocycles. The third-order valence-electron chi connectivity index (χ3n) is 5.53. The summed E-state index contributed by atoms with van der Waals surface area (Å²) in [5.74, 6) is 3.26. The minimum atomic E-state index is 0.0938. The number of rotatable bonds is 8. The van der Waals surface area contributed by atoms with E-state index in [1.807, 2.05) is 37.7 Å². The van der Waals surface area contributed by atoms with Crippen molar-refractivity contribution in [1.82, 2.24) is 14.7 Å². The number of aromatic nitrogens is 2. The molecule has 2 aromatic heterocycles. The lowest BCUT2D eigenvalue weighted by Crippen LogP contribution is -2.26. The summed E-state index contributed by atoms with van der Waals surface area (Å²) in [5, 5.41) is 13.2. The third kappa shape index (κ3) is 4.41. The fourth-order valence-electron chi connectivity index (χ4n) is 3.61. The van der Waals surface area contributed by atoms with Gasteiger partial charge < -0.3 is 9.32 Å². The van der Waals surface area contributed by atoms with Gasteiger partial charge in [0.25, 0.3) is 0 Å². The predicted octanol–water partition coefficient (Wildman–Crippen LogP) is 3.72. The molecule has 1 aliphatic carbocycles. The number of aryl methyl sites for hydroxylation is 2. The van der Waals surface area contributed by atoms with Crippen molar-refractivity contribution in [3.8, 4) is 6.07 Å². The first-order valence-electron chi connectivity index (χ1n) is 9.63. The Hall–Kier alpha value is -2.55. The number of hydrogen-bond acceptors (Lipinski definition) is 4. The van der Waals surface area contributed by atoms with Gasteiger partial charge in [-0.3, -0.25) is 9.48 Å². The fraction of sp³-hybridized carbons (Fsp3) is 0.571.